The molecule has 3 amide bonds. The Balaban J connectivity index is 3.17. The summed E-state index contributed by atoms with van der Waals surface area (Å²) in [6, 6.07) is 5.02. The van der Waals surface area contributed by atoms with Crippen LogP contribution < -0.4 is 5.32 Å². The monoisotopic (exact) mass is 477 g/mol. The molecule has 0 aliphatic rings. The minimum Gasteiger partial charge on any atom is -0.458 e. The summed E-state index contributed by atoms with van der Waals surface area (Å²) in [6.45, 7) is 14.9. The van der Waals surface area contributed by atoms with Crippen molar-refractivity contribution in [3.63, 3.8) is 0 Å². The summed E-state index contributed by atoms with van der Waals surface area (Å²) in [5, 5.41) is 5.54. The van der Waals surface area contributed by atoms with E-state index < -0.39 is 48.0 Å². The van der Waals surface area contributed by atoms with Gasteiger partial charge in [0.1, 0.15) is 18.2 Å². The van der Waals surface area contributed by atoms with Crippen LogP contribution in [0.3, 0.4) is 0 Å². The molecule has 1 rings (SSSR count). The van der Waals surface area contributed by atoms with Crippen molar-refractivity contribution < 1.29 is 28.6 Å². The van der Waals surface area contributed by atoms with Crippen LogP contribution in [-0.2, 0) is 19.0 Å². The van der Waals surface area contributed by atoms with Crippen LogP contribution in [0, 0.1) is 4.91 Å². The summed E-state index contributed by atoms with van der Waals surface area (Å²) in [7, 11) is 0. The zero-order valence-electron chi connectivity index (χ0n) is 20.9. The molecule has 2 atom stereocenters. The molecular weight excluding hydrogens is 442 g/mol. The molecule has 1 N–H and O–H groups in total. The van der Waals surface area contributed by atoms with Crippen molar-refractivity contribution in [3.8, 4) is 0 Å². The number of hydrogen-bond acceptors (Lipinski definition) is 8. The van der Waals surface area contributed by atoms with Gasteiger partial charge in [-0.3, -0.25) is 0 Å². The van der Waals surface area contributed by atoms with Crippen molar-refractivity contribution in [1.29, 1.82) is 0 Å². The van der Waals surface area contributed by atoms with Crippen molar-refractivity contribution in [2.24, 2.45) is 5.18 Å². The van der Waals surface area contributed by atoms with E-state index in [1.165, 1.54) is 6.08 Å². The Kier molecular flexibility index (Phi) is 10.4. The molecule has 0 bridgehead atoms. The number of carbonyl (C=O) groups is 3. The van der Waals surface area contributed by atoms with Gasteiger partial charge in [-0.05, 0) is 66.2 Å². The third-order valence-electron chi connectivity index (χ3n) is 4.11. The van der Waals surface area contributed by atoms with Crippen molar-refractivity contribution >= 4 is 23.8 Å². The second-order valence-corrected chi connectivity index (χ2v) is 9.56. The van der Waals surface area contributed by atoms with Gasteiger partial charge < -0.3 is 19.5 Å². The first kappa shape index (κ1) is 28.8. The van der Waals surface area contributed by atoms with Gasteiger partial charge in [-0.25, -0.2) is 19.3 Å². The number of amides is 3. The molecule has 0 radical (unpaired) electrons. The zero-order valence-corrected chi connectivity index (χ0v) is 20.9. The van der Waals surface area contributed by atoms with Crippen molar-refractivity contribution in [3.05, 3.63) is 47.4 Å². The number of benzene rings is 1. The number of nitroso groups, excluding NO2 is 1. The van der Waals surface area contributed by atoms with Crippen LogP contribution in [0.4, 0.5) is 15.3 Å². The molecule has 2 unspecified atom stereocenters. The number of hydrogen-bond donors (Lipinski definition) is 1. The molecule has 1 aromatic carbocycles. The average Bonchev–Trinajstić information content (AvgIpc) is 2.72. The maximum Gasteiger partial charge on any atom is 0.418 e. The second kappa shape index (κ2) is 12.3. The standard InChI is InChI=1S/C24H35N3O7/c1-9-14-32-22(30)27(15-19(33-23(3,4)5)20(28)34-24(6,7)8)21(29)25-18-12-10-17(11-13-18)16(2)26-31/h9-13,16,19H,1,14-15H2,2-8H3,(H,25,29). The van der Waals surface area contributed by atoms with E-state index in [1.807, 2.05) is 0 Å². The highest BCUT2D eigenvalue weighted by Crippen LogP contribution is 2.20. The number of nitrogens with one attached hydrogen (secondary N) is 1. The number of imide groups is 1. The van der Waals surface area contributed by atoms with Gasteiger partial charge in [0.2, 0.25) is 0 Å². The summed E-state index contributed by atoms with van der Waals surface area (Å²) in [6.07, 6.45) is -0.895. The molecule has 0 fully saturated rings. The summed E-state index contributed by atoms with van der Waals surface area (Å²) in [5.41, 5.74) is -0.548. The smallest absolute Gasteiger partial charge is 0.418 e. The topological polar surface area (TPSA) is 124 Å². The van der Waals surface area contributed by atoms with Gasteiger partial charge in [-0.1, -0.05) is 30.0 Å². The molecule has 10 nitrogen and oxygen atoms in total. The molecule has 0 spiro atoms. The van der Waals surface area contributed by atoms with Crippen LogP contribution in [0.25, 0.3) is 0 Å². The molecule has 0 saturated carbocycles. The Bertz CT molecular complexity index is 870. The lowest BCUT2D eigenvalue weighted by molar-refractivity contribution is -0.177. The molecule has 1 aromatic rings. The van der Waals surface area contributed by atoms with Crippen LogP contribution in [-0.4, -0.2) is 53.5 Å². The van der Waals surface area contributed by atoms with Crippen LogP contribution in [0.2, 0.25) is 0 Å². The molecule has 10 heteroatoms. The van der Waals surface area contributed by atoms with Gasteiger partial charge in [0.05, 0.1) is 12.1 Å². The van der Waals surface area contributed by atoms with Gasteiger partial charge in [-0.15, -0.1) is 0 Å². The number of anilines is 1. The lowest BCUT2D eigenvalue weighted by atomic mass is 10.1. The fraction of sp³-hybridized carbons (Fsp3) is 0.542. The Labute approximate surface area is 200 Å². The summed E-state index contributed by atoms with van der Waals surface area (Å²) >= 11 is 0. The predicted molar refractivity (Wildman–Crippen MR) is 128 cm³/mol. The fourth-order valence-electron chi connectivity index (χ4n) is 2.67. The van der Waals surface area contributed by atoms with E-state index in [1.54, 1.807) is 72.7 Å². The van der Waals surface area contributed by atoms with E-state index in [2.05, 4.69) is 17.1 Å². The van der Waals surface area contributed by atoms with Gasteiger partial charge in [0.15, 0.2) is 6.10 Å². The highest BCUT2D eigenvalue weighted by atomic mass is 16.6. The highest BCUT2D eigenvalue weighted by molar-refractivity contribution is 5.99. The Morgan fingerprint density at radius 1 is 1.09 bits per heavy atom. The van der Waals surface area contributed by atoms with Crippen LogP contribution in [0.15, 0.2) is 42.1 Å². The summed E-state index contributed by atoms with van der Waals surface area (Å²) in [5.74, 6) is -0.726. The second-order valence-electron chi connectivity index (χ2n) is 9.56. The number of urea groups is 1. The van der Waals surface area contributed by atoms with Crippen molar-refractivity contribution in [2.45, 2.75) is 71.8 Å². The molecule has 0 saturated heterocycles. The Hall–Kier alpha value is -3.27. The molecule has 0 aliphatic carbocycles. The van der Waals surface area contributed by atoms with Crippen LogP contribution in [0.1, 0.15) is 60.1 Å². The first-order valence-electron chi connectivity index (χ1n) is 10.9. The van der Waals surface area contributed by atoms with E-state index >= 15 is 0 Å². The molecule has 0 heterocycles. The van der Waals surface area contributed by atoms with E-state index in [4.69, 9.17) is 14.2 Å². The largest absolute Gasteiger partial charge is 0.458 e. The predicted octanol–water partition coefficient (Wildman–Crippen LogP) is 5.20. The normalized spacial score (nSPS) is 13.3. The van der Waals surface area contributed by atoms with Gasteiger partial charge in [0.25, 0.3) is 0 Å². The minimum atomic E-state index is -1.26. The maximum absolute atomic E-state index is 13.0. The van der Waals surface area contributed by atoms with Crippen molar-refractivity contribution in [1.82, 2.24) is 4.90 Å². The van der Waals surface area contributed by atoms with Crippen molar-refractivity contribution in [2.75, 3.05) is 18.5 Å². The number of ether oxygens (including phenoxy) is 3. The fourth-order valence-corrected chi connectivity index (χ4v) is 2.67. The molecule has 34 heavy (non-hydrogen) atoms. The first-order valence-corrected chi connectivity index (χ1v) is 10.9. The summed E-state index contributed by atoms with van der Waals surface area (Å²) < 4.78 is 16.3. The zero-order chi connectivity index (χ0) is 26.1. The Morgan fingerprint density at radius 3 is 2.15 bits per heavy atom. The molecule has 0 aliphatic heterocycles. The van der Waals surface area contributed by atoms with Crippen LogP contribution >= 0.6 is 0 Å². The number of nitrogens with zero attached hydrogens (tertiary/aromatic N) is 2. The van der Waals surface area contributed by atoms with Crippen LogP contribution in [0.5, 0.6) is 0 Å². The van der Waals surface area contributed by atoms with E-state index in [0.717, 1.165) is 4.90 Å². The van der Waals surface area contributed by atoms with E-state index in [9.17, 15) is 19.3 Å². The minimum absolute atomic E-state index is 0.134. The quantitative estimate of drug-likeness (QED) is 0.295. The third-order valence-corrected chi connectivity index (χ3v) is 4.11. The molecular formula is C24H35N3O7. The highest BCUT2D eigenvalue weighted by Gasteiger charge is 2.35. The average molecular weight is 478 g/mol. The lowest BCUT2D eigenvalue weighted by Gasteiger charge is -2.31. The molecule has 188 valence electrons. The molecule has 0 aromatic heterocycles. The third kappa shape index (κ3) is 10.1. The maximum atomic E-state index is 13.0. The van der Waals surface area contributed by atoms with E-state index in [0.29, 0.717) is 11.3 Å². The van der Waals surface area contributed by atoms with Gasteiger partial charge in [-0.2, -0.15) is 4.91 Å². The number of esters is 1. The number of rotatable bonds is 9. The Morgan fingerprint density at radius 2 is 1.68 bits per heavy atom. The first-order chi connectivity index (χ1) is 15.7. The van der Waals surface area contributed by atoms with E-state index in [-0.39, 0.29) is 6.61 Å². The SMILES string of the molecule is C=CCOC(=O)N(CC(OC(C)(C)C)C(=O)OC(C)(C)C)C(=O)Nc1ccc(C(C)N=O)cc1. The summed E-state index contributed by atoms with van der Waals surface area (Å²) in [4.78, 5) is 49.9. The van der Waals surface area contributed by atoms with Gasteiger partial charge in [0, 0.05) is 5.69 Å². The lowest BCUT2D eigenvalue weighted by Crippen LogP contribution is -2.50. The number of carbonyl (C=O) groups excluding carboxylic acids is 3. The van der Waals surface area contributed by atoms with Gasteiger partial charge >= 0.3 is 18.1 Å².